The maximum Gasteiger partial charge on any atom is 0.412 e. The van der Waals surface area contributed by atoms with Crippen LogP contribution in [0.4, 0.5) is 27.8 Å². The largest absolute Gasteiger partial charge is 0.494 e. The Morgan fingerprint density at radius 1 is 0.957 bits per heavy atom. The molecule has 0 aliphatic heterocycles. The summed E-state index contributed by atoms with van der Waals surface area (Å²) < 4.78 is 21.6. The standard InChI is InChI=1S/C39H44N10O9.C5H10N2.2CH5N/c1-7-48-31(16-25(2)45-48)36(52)44-37-43-29-17-26(23-50)20-33(56-6)35(29)47(37)14-9-8-12-40-34-30(49(54)55)18-27(24-51)19-32(34)57-15-11-10-13-46-22-28(21-41-46)42-38(53)58-39(3,4)5;1-3-5(6)4-7-2;2*1-2/h8-11,16-24,40H,7,12-15H2,1-6H3,(H,42,53)(H,43,44,52);3-4H,6H2,1-2H3;2*2H2,1H3/b9-8+,11-10+;5-3+,7-4?;;. The number of aromatic nitrogens is 6. The Kier molecular flexibility index (Phi) is 23.7. The van der Waals surface area contributed by atoms with Gasteiger partial charge in [0.25, 0.3) is 11.6 Å². The van der Waals surface area contributed by atoms with Crippen molar-refractivity contribution in [1.82, 2.24) is 29.1 Å². The first-order chi connectivity index (χ1) is 33.0. The maximum absolute atomic E-state index is 13.4. The number of carbonyl (C=O) groups excluding carboxylic acids is 4. The molecular weight excluding hydrogens is 893 g/mol. The van der Waals surface area contributed by atoms with Gasteiger partial charge in [-0.2, -0.15) is 10.2 Å². The fourth-order valence-electron chi connectivity index (χ4n) is 5.99. The molecule has 0 bridgehead atoms. The predicted octanol–water partition coefficient (Wildman–Crippen LogP) is 5.90. The average molecular weight is 957 g/mol. The van der Waals surface area contributed by atoms with Crippen molar-refractivity contribution in [2.75, 3.05) is 57.4 Å². The van der Waals surface area contributed by atoms with Crippen molar-refractivity contribution in [2.45, 2.75) is 66.8 Å². The van der Waals surface area contributed by atoms with E-state index < -0.39 is 22.5 Å². The van der Waals surface area contributed by atoms with Crippen LogP contribution in [0.15, 0.2) is 83.8 Å². The van der Waals surface area contributed by atoms with Gasteiger partial charge in [-0.05, 0) is 86.0 Å². The zero-order chi connectivity index (χ0) is 51.7. The third-order valence-corrected chi connectivity index (χ3v) is 8.82. The highest BCUT2D eigenvalue weighted by molar-refractivity contribution is 6.03. The lowest BCUT2D eigenvalue weighted by Gasteiger charge is -2.19. The second-order valence-corrected chi connectivity index (χ2v) is 14.9. The van der Waals surface area contributed by atoms with Crippen molar-refractivity contribution >= 4 is 64.8 Å². The van der Waals surface area contributed by atoms with E-state index in [-0.39, 0.29) is 48.3 Å². The molecule has 0 spiro atoms. The molecule has 0 aliphatic rings. The van der Waals surface area contributed by atoms with Crippen LogP contribution in [-0.2, 0) is 24.4 Å². The number of nitro benzene ring substituents is 1. The van der Waals surface area contributed by atoms with Gasteiger partial charge in [-0.15, -0.1) is 0 Å². The SMILES string of the molecule is C/C=C(/N)C=NC.CCn1nc(C)cc1C(=O)Nc1nc2cc(C=O)cc(OC)c2n1C/C=C/CNc1c(OC/C=C/Cn2cc(NC(=O)OC(C)(C)C)cn2)cc(C=O)cc1[N+](=O)[O-].CN.CN. The normalized spacial score (nSPS) is 11.2. The summed E-state index contributed by atoms with van der Waals surface area (Å²) in [4.78, 5) is 68.5. The monoisotopic (exact) mass is 956 g/mol. The highest BCUT2D eigenvalue weighted by Crippen LogP contribution is 2.36. The number of aliphatic imine (C=N–C) groups is 1. The minimum absolute atomic E-state index is 0.00271. The van der Waals surface area contributed by atoms with E-state index in [4.69, 9.17) is 19.9 Å². The number of hydrogen-bond donors (Lipinski definition) is 6. The van der Waals surface area contributed by atoms with Gasteiger partial charge in [-0.25, -0.2) is 9.78 Å². The Bertz CT molecular complexity index is 2620. The molecular formula is C46H64N14O9. The predicted molar refractivity (Wildman–Crippen MR) is 268 cm³/mol. The summed E-state index contributed by atoms with van der Waals surface area (Å²) in [7, 11) is 6.15. The highest BCUT2D eigenvalue weighted by atomic mass is 16.6. The number of nitrogens with one attached hydrogen (secondary N) is 3. The Morgan fingerprint density at radius 3 is 2.22 bits per heavy atom. The van der Waals surface area contributed by atoms with Gasteiger partial charge in [-0.1, -0.05) is 24.3 Å². The first-order valence-electron chi connectivity index (χ1n) is 21.4. The smallest absolute Gasteiger partial charge is 0.412 e. The lowest BCUT2D eigenvalue weighted by atomic mass is 10.1. The number of rotatable bonds is 19. The zero-order valence-corrected chi connectivity index (χ0v) is 40.7. The number of carbonyl (C=O) groups is 4. The first-order valence-corrected chi connectivity index (χ1v) is 21.4. The van der Waals surface area contributed by atoms with Gasteiger partial charge in [0.15, 0.2) is 11.4 Å². The maximum atomic E-state index is 13.4. The lowest BCUT2D eigenvalue weighted by Crippen LogP contribution is -2.27. The Labute approximate surface area is 400 Å². The van der Waals surface area contributed by atoms with Gasteiger partial charge in [0.2, 0.25) is 5.95 Å². The zero-order valence-electron chi connectivity index (χ0n) is 40.7. The molecule has 23 heteroatoms. The second-order valence-electron chi connectivity index (χ2n) is 14.9. The van der Waals surface area contributed by atoms with Crippen molar-refractivity contribution in [3.8, 4) is 11.5 Å². The molecule has 3 heterocycles. The Hall–Kier alpha value is -8.18. The lowest BCUT2D eigenvalue weighted by molar-refractivity contribution is -0.384. The van der Waals surface area contributed by atoms with Gasteiger partial charge >= 0.3 is 6.09 Å². The number of hydrogen-bond acceptors (Lipinski definition) is 17. The summed E-state index contributed by atoms with van der Waals surface area (Å²) in [5.41, 5.74) is 16.9. The van der Waals surface area contributed by atoms with Gasteiger partial charge in [0.05, 0.1) is 41.7 Å². The number of fused-ring (bicyclic) bond motifs is 1. The number of imidazole rings is 1. The molecule has 0 fully saturated rings. The van der Waals surface area contributed by atoms with Gasteiger partial charge in [-0.3, -0.25) is 49.5 Å². The van der Waals surface area contributed by atoms with E-state index in [1.807, 2.05) is 13.8 Å². The van der Waals surface area contributed by atoms with Crippen LogP contribution in [0.5, 0.6) is 11.5 Å². The van der Waals surface area contributed by atoms with Crippen molar-refractivity contribution < 1.29 is 38.3 Å². The van der Waals surface area contributed by atoms with Crippen molar-refractivity contribution in [3.63, 3.8) is 0 Å². The molecule has 2 aromatic carbocycles. The number of anilines is 3. The summed E-state index contributed by atoms with van der Waals surface area (Å²) in [6, 6.07) is 7.38. The summed E-state index contributed by atoms with van der Waals surface area (Å²) in [5.74, 6) is 0.200. The number of aldehydes is 2. The van der Waals surface area contributed by atoms with E-state index in [2.05, 4.69) is 47.6 Å². The van der Waals surface area contributed by atoms with Crippen LogP contribution >= 0.6 is 0 Å². The van der Waals surface area contributed by atoms with Crippen molar-refractivity contribution in [2.24, 2.45) is 22.2 Å². The molecule has 0 unspecified atom stereocenters. The van der Waals surface area contributed by atoms with Gasteiger partial charge in [0, 0.05) is 62.0 Å². The molecule has 3 aromatic heterocycles. The van der Waals surface area contributed by atoms with E-state index in [0.29, 0.717) is 70.8 Å². The molecule has 0 saturated carbocycles. The second kappa shape index (κ2) is 28.8. The van der Waals surface area contributed by atoms with Crippen molar-refractivity contribution in [3.05, 3.63) is 111 Å². The number of ether oxygens (including phenoxy) is 3. The molecule has 0 atom stereocenters. The van der Waals surface area contributed by atoms with Crippen LogP contribution in [0.2, 0.25) is 0 Å². The number of aryl methyl sites for hydroxylation is 2. The fourth-order valence-corrected chi connectivity index (χ4v) is 5.99. The number of nitrogens with two attached hydrogens (primary N) is 3. The summed E-state index contributed by atoms with van der Waals surface area (Å²) in [6.07, 6.45) is 14.0. The summed E-state index contributed by atoms with van der Waals surface area (Å²) >= 11 is 0. The van der Waals surface area contributed by atoms with E-state index in [9.17, 15) is 29.3 Å². The molecule has 9 N–H and O–H groups in total. The van der Waals surface area contributed by atoms with Crippen LogP contribution in [-0.4, -0.2) is 112 Å². The van der Waals surface area contributed by atoms with Crippen molar-refractivity contribution in [1.29, 1.82) is 0 Å². The summed E-state index contributed by atoms with van der Waals surface area (Å²) in [5, 5.41) is 29.1. The summed E-state index contributed by atoms with van der Waals surface area (Å²) in [6.45, 7) is 11.9. The average Bonchev–Trinajstić information content (AvgIpc) is 4.05. The fraction of sp³-hybridized carbons (Fsp3) is 0.348. The molecule has 5 aromatic rings. The molecule has 23 nitrogen and oxygen atoms in total. The highest BCUT2D eigenvalue weighted by Gasteiger charge is 2.23. The number of nitro groups is 1. The van der Waals surface area contributed by atoms with Crippen LogP contribution in [0.25, 0.3) is 11.0 Å². The van der Waals surface area contributed by atoms with E-state index in [1.165, 1.54) is 33.5 Å². The minimum Gasteiger partial charge on any atom is -0.494 e. The van der Waals surface area contributed by atoms with E-state index in [1.54, 1.807) is 110 Å². The van der Waals surface area contributed by atoms with E-state index >= 15 is 0 Å². The van der Waals surface area contributed by atoms with Crippen LogP contribution in [0.1, 0.15) is 71.5 Å². The van der Waals surface area contributed by atoms with Crippen LogP contribution in [0.3, 0.4) is 0 Å². The number of benzene rings is 2. The number of allylic oxidation sites excluding steroid dienone is 4. The topological polar surface area (TPSA) is 319 Å². The number of methoxy groups -OCH3 is 1. The minimum atomic E-state index is -0.649. The Balaban J connectivity index is 0.00000134. The quantitative estimate of drug-likeness (QED) is 0.0184. The number of nitrogens with zero attached hydrogens (tertiary/aromatic N) is 8. The van der Waals surface area contributed by atoms with Crippen LogP contribution in [0, 0.1) is 17.0 Å². The molecule has 69 heavy (non-hydrogen) atoms. The Morgan fingerprint density at radius 2 is 1.62 bits per heavy atom. The molecule has 372 valence electrons. The van der Waals surface area contributed by atoms with Gasteiger partial charge < -0.3 is 41.3 Å². The van der Waals surface area contributed by atoms with Crippen LogP contribution < -0.4 is 42.6 Å². The molecule has 0 aliphatic carbocycles. The van der Waals surface area contributed by atoms with Gasteiger partial charge in [0.1, 0.15) is 41.7 Å². The molecule has 2 amide bonds. The molecule has 0 radical (unpaired) electrons. The number of amides is 2. The molecule has 0 saturated heterocycles. The first kappa shape index (κ1) is 56.9. The third-order valence-electron chi connectivity index (χ3n) is 8.82. The van der Waals surface area contributed by atoms with E-state index in [0.717, 1.165) is 6.07 Å². The third kappa shape index (κ3) is 17.5. The molecule has 5 rings (SSSR count).